The van der Waals surface area contributed by atoms with Crippen LogP contribution in [0.4, 0.5) is 0 Å². The summed E-state index contributed by atoms with van der Waals surface area (Å²) in [4.78, 5) is 30.4. The average molecular weight is 446 g/mol. The number of amides is 1. The SMILES string of the molecule is CCCCOc1c2n(c(CC3(c4cccc5ccccc45)CCCC3)nc1=O)CCNC2=O. The minimum Gasteiger partial charge on any atom is -0.486 e. The fraction of sp³-hybridized carbons (Fsp3) is 0.444. The number of benzene rings is 2. The summed E-state index contributed by atoms with van der Waals surface area (Å²) in [5.74, 6) is 0.539. The number of carbonyl (C=O) groups is 1. The molecule has 33 heavy (non-hydrogen) atoms. The highest BCUT2D eigenvalue weighted by atomic mass is 16.5. The van der Waals surface area contributed by atoms with Crippen LogP contribution in [0.5, 0.6) is 5.75 Å². The zero-order chi connectivity index (χ0) is 22.8. The molecule has 1 N–H and O–H groups in total. The number of carbonyl (C=O) groups excluding carboxylic acids is 1. The first-order valence-corrected chi connectivity index (χ1v) is 12.2. The van der Waals surface area contributed by atoms with Crippen LogP contribution in [0.15, 0.2) is 47.3 Å². The van der Waals surface area contributed by atoms with E-state index in [1.807, 2.05) is 4.57 Å². The second-order valence-electron chi connectivity index (χ2n) is 9.31. The normalized spacial score (nSPS) is 17.1. The fourth-order valence-corrected chi connectivity index (χ4v) is 5.58. The monoisotopic (exact) mass is 445 g/mol. The Morgan fingerprint density at radius 1 is 1.09 bits per heavy atom. The molecule has 172 valence electrons. The Bertz CT molecular complexity index is 1240. The van der Waals surface area contributed by atoms with Gasteiger partial charge in [-0.2, -0.15) is 4.98 Å². The smallest absolute Gasteiger partial charge is 0.316 e. The summed E-state index contributed by atoms with van der Waals surface area (Å²) in [5, 5.41) is 5.37. The van der Waals surface area contributed by atoms with Crippen molar-refractivity contribution in [2.24, 2.45) is 0 Å². The van der Waals surface area contributed by atoms with Crippen LogP contribution in [0.2, 0.25) is 0 Å². The molecule has 1 amide bonds. The van der Waals surface area contributed by atoms with Crippen LogP contribution < -0.4 is 15.6 Å². The molecule has 2 aliphatic rings. The van der Waals surface area contributed by atoms with Gasteiger partial charge in [0.1, 0.15) is 5.82 Å². The van der Waals surface area contributed by atoms with E-state index in [0.29, 0.717) is 37.6 Å². The first-order valence-electron chi connectivity index (χ1n) is 12.2. The Morgan fingerprint density at radius 3 is 2.70 bits per heavy atom. The van der Waals surface area contributed by atoms with E-state index < -0.39 is 5.56 Å². The van der Waals surface area contributed by atoms with Gasteiger partial charge in [0.2, 0.25) is 5.75 Å². The van der Waals surface area contributed by atoms with Gasteiger partial charge in [-0.1, -0.05) is 68.7 Å². The van der Waals surface area contributed by atoms with Crippen molar-refractivity contribution in [1.29, 1.82) is 0 Å². The molecule has 3 aromatic rings. The van der Waals surface area contributed by atoms with Crippen molar-refractivity contribution in [3.05, 3.63) is 69.9 Å². The lowest BCUT2D eigenvalue weighted by molar-refractivity contribution is 0.0917. The third-order valence-electron chi connectivity index (χ3n) is 7.22. The number of aromatic nitrogens is 2. The molecular weight excluding hydrogens is 414 g/mol. The van der Waals surface area contributed by atoms with E-state index >= 15 is 0 Å². The van der Waals surface area contributed by atoms with E-state index in [1.165, 1.54) is 16.3 Å². The molecule has 5 rings (SSSR count). The summed E-state index contributed by atoms with van der Waals surface area (Å²) in [7, 11) is 0. The minimum atomic E-state index is -0.435. The Morgan fingerprint density at radius 2 is 1.88 bits per heavy atom. The van der Waals surface area contributed by atoms with Crippen molar-refractivity contribution in [1.82, 2.24) is 14.9 Å². The highest BCUT2D eigenvalue weighted by Crippen LogP contribution is 2.46. The molecular formula is C27H31N3O3. The van der Waals surface area contributed by atoms with Crippen LogP contribution >= 0.6 is 0 Å². The van der Waals surface area contributed by atoms with E-state index in [0.717, 1.165) is 38.5 Å². The molecule has 2 aromatic carbocycles. The lowest BCUT2D eigenvalue weighted by Crippen LogP contribution is -2.41. The maximum atomic E-state index is 13.0. The third-order valence-corrected chi connectivity index (χ3v) is 7.22. The Balaban J connectivity index is 1.62. The molecule has 1 aliphatic carbocycles. The third kappa shape index (κ3) is 3.92. The van der Waals surface area contributed by atoms with Crippen LogP contribution in [0.25, 0.3) is 10.8 Å². The second-order valence-corrected chi connectivity index (χ2v) is 9.31. The lowest BCUT2D eigenvalue weighted by Gasteiger charge is -2.33. The van der Waals surface area contributed by atoms with Gasteiger partial charge in [0, 0.05) is 24.9 Å². The van der Waals surface area contributed by atoms with Gasteiger partial charge in [-0.3, -0.25) is 9.59 Å². The topological polar surface area (TPSA) is 73.2 Å². The number of nitrogens with zero attached hydrogens (tertiary/aromatic N) is 2. The predicted molar refractivity (Wildman–Crippen MR) is 129 cm³/mol. The second kappa shape index (κ2) is 9.00. The molecule has 2 heterocycles. The first kappa shape index (κ1) is 21.7. The minimum absolute atomic E-state index is 0.0926. The summed E-state index contributed by atoms with van der Waals surface area (Å²) < 4.78 is 7.72. The number of hydrogen-bond donors (Lipinski definition) is 1. The Hall–Kier alpha value is -3.15. The molecule has 1 aliphatic heterocycles. The largest absolute Gasteiger partial charge is 0.486 e. The number of rotatable bonds is 7. The molecule has 0 spiro atoms. The van der Waals surface area contributed by atoms with Gasteiger partial charge in [0.15, 0.2) is 5.69 Å². The van der Waals surface area contributed by atoms with Gasteiger partial charge >= 0.3 is 5.56 Å². The van der Waals surface area contributed by atoms with E-state index in [1.54, 1.807) is 0 Å². The van der Waals surface area contributed by atoms with Crippen LogP contribution in [-0.4, -0.2) is 28.6 Å². The number of ether oxygens (including phenoxy) is 1. The number of unbranched alkanes of at least 4 members (excludes halogenated alkanes) is 1. The van der Waals surface area contributed by atoms with Gasteiger partial charge < -0.3 is 14.6 Å². The molecule has 0 radical (unpaired) electrons. The van der Waals surface area contributed by atoms with Gasteiger partial charge in [-0.15, -0.1) is 0 Å². The summed E-state index contributed by atoms with van der Waals surface area (Å²) in [5.41, 5.74) is 1.12. The zero-order valence-electron chi connectivity index (χ0n) is 19.2. The van der Waals surface area contributed by atoms with Gasteiger partial charge in [0.05, 0.1) is 6.61 Å². The van der Waals surface area contributed by atoms with E-state index in [-0.39, 0.29) is 17.1 Å². The fourth-order valence-electron chi connectivity index (χ4n) is 5.58. The molecule has 0 unspecified atom stereocenters. The molecule has 0 bridgehead atoms. The van der Waals surface area contributed by atoms with Crippen molar-refractivity contribution >= 4 is 16.7 Å². The number of hydrogen-bond acceptors (Lipinski definition) is 4. The first-order chi connectivity index (χ1) is 16.1. The zero-order valence-corrected chi connectivity index (χ0v) is 19.2. The predicted octanol–water partition coefficient (Wildman–Crippen LogP) is 4.37. The maximum absolute atomic E-state index is 13.0. The number of nitrogens with one attached hydrogen (secondary N) is 1. The average Bonchev–Trinajstić information content (AvgIpc) is 3.30. The molecule has 6 nitrogen and oxygen atoms in total. The van der Waals surface area contributed by atoms with Crippen molar-refractivity contribution < 1.29 is 9.53 Å². The standard InChI is InChI=1S/C27H31N3O3/c1-2-3-17-33-24-23-25(31)28-15-16-30(23)22(29-26(24)32)18-27(13-6-7-14-27)21-12-8-10-19-9-4-5-11-20(19)21/h4-5,8-12H,2-3,6-7,13-18H2,1H3,(H,28,31). The van der Waals surface area contributed by atoms with Gasteiger partial charge in [0.25, 0.3) is 5.91 Å². The molecule has 1 fully saturated rings. The quantitative estimate of drug-likeness (QED) is 0.548. The summed E-state index contributed by atoms with van der Waals surface area (Å²) >= 11 is 0. The summed E-state index contributed by atoms with van der Waals surface area (Å²) in [6, 6.07) is 15.0. The van der Waals surface area contributed by atoms with Crippen LogP contribution in [0, 0.1) is 0 Å². The van der Waals surface area contributed by atoms with Gasteiger partial charge in [-0.25, -0.2) is 0 Å². The van der Waals surface area contributed by atoms with E-state index in [9.17, 15) is 9.59 Å². The molecule has 1 aromatic heterocycles. The van der Waals surface area contributed by atoms with E-state index in [2.05, 4.69) is 59.7 Å². The lowest BCUT2D eigenvalue weighted by atomic mass is 9.74. The number of fused-ring (bicyclic) bond motifs is 2. The van der Waals surface area contributed by atoms with Crippen molar-refractivity contribution in [2.45, 2.75) is 63.8 Å². The molecule has 1 saturated carbocycles. The molecule has 0 saturated heterocycles. The summed E-state index contributed by atoms with van der Waals surface area (Å²) in [6.45, 7) is 3.60. The van der Waals surface area contributed by atoms with E-state index in [4.69, 9.17) is 4.74 Å². The molecule has 6 heteroatoms. The van der Waals surface area contributed by atoms with Gasteiger partial charge in [-0.05, 0) is 35.6 Å². The van der Waals surface area contributed by atoms with Crippen molar-refractivity contribution in [3.8, 4) is 5.75 Å². The Labute approximate surface area is 194 Å². The van der Waals surface area contributed by atoms with Crippen LogP contribution in [-0.2, 0) is 18.4 Å². The molecule has 0 atom stereocenters. The Kier molecular flexibility index (Phi) is 5.92. The van der Waals surface area contributed by atoms with Crippen molar-refractivity contribution in [2.75, 3.05) is 13.2 Å². The van der Waals surface area contributed by atoms with Crippen LogP contribution in [0.1, 0.15) is 67.3 Å². The maximum Gasteiger partial charge on any atom is 0.316 e. The highest BCUT2D eigenvalue weighted by Gasteiger charge is 2.39. The summed E-state index contributed by atoms with van der Waals surface area (Å²) in [6.07, 6.45) is 6.82. The van der Waals surface area contributed by atoms with Crippen molar-refractivity contribution in [3.63, 3.8) is 0 Å². The van der Waals surface area contributed by atoms with Crippen LogP contribution in [0.3, 0.4) is 0 Å². The highest BCUT2D eigenvalue weighted by molar-refractivity contribution is 5.95.